The molecule has 0 aromatic heterocycles. The first-order valence-corrected chi connectivity index (χ1v) is 16.3. The lowest BCUT2D eigenvalue weighted by Gasteiger charge is -2.44. The molecule has 7 rings (SSSR count). The van der Waals surface area contributed by atoms with Crippen molar-refractivity contribution < 1.29 is 24.0 Å². The van der Waals surface area contributed by atoms with E-state index < -0.39 is 29.6 Å². The van der Waals surface area contributed by atoms with E-state index in [-0.39, 0.29) is 48.1 Å². The molecule has 0 saturated carbocycles. The third kappa shape index (κ3) is 4.47. The number of amides is 5. The molecular weight excluding hydrogens is 582 g/mol. The fourth-order valence-corrected chi connectivity index (χ4v) is 8.84. The van der Waals surface area contributed by atoms with Gasteiger partial charge >= 0.3 is 0 Å². The number of halogens is 1. The van der Waals surface area contributed by atoms with Gasteiger partial charge in [-0.25, -0.2) is 0 Å². The quantitative estimate of drug-likeness (QED) is 0.506. The van der Waals surface area contributed by atoms with E-state index >= 15 is 0 Å². The lowest BCUT2D eigenvalue weighted by Crippen LogP contribution is -2.64. The summed E-state index contributed by atoms with van der Waals surface area (Å²) in [5.74, 6) is -1.46. The summed E-state index contributed by atoms with van der Waals surface area (Å²) in [6, 6.07) is 4.91. The molecule has 1 aromatic carbocycles. The van der Waals surface area contributed by atoms with Gasteiger partial charge in [0.1, 0.15) is 23.7 Å². The van der Waals surface area contributed by atoms with Crippen LogP contribution in [0.3, 0.4) is 0 Å². The lowest BCUT2D eigenvalue weighted by atomic mass is 9.88. The number of benzene rings is 1. The Morgan fingerprint density at radius 2 is 1.66 bits per heavy atom. The van der Waals surface area contributed by atoms with Gasteiger partial charge in [-0.1, -0.05) is 54.1 Å². The maximum Gasteiger partial charge on any atom is 0.253 e. The highest BCUT2D eigenvalue weighted by atomic mass is 35.5. The molecule has 0 bridgehead atoms. The summed E-state index contributed by atoms with van der Waals surface area (Å²) >= 11 is 6.32. The Kier molecular flexibility index (Phi) is 7.30. The molecule has 4 saturated heterocycles. The minimum atomic E-state index is -1.11. The Labute approximate surface area is 261 Å². The maximum atomic E-state index is 14.4. The predicted molar refractivity (Wildman–Crippen MR) is 162 cm³/mol. The number of nitrogens with two attached hydrogens (primary N) is 1. The van der Waals surface area contributed by atoms with E-state index in [1.165, 1.54) is 0 Å². The number of likely N-dealkylation sites (tertiary alicyclic amines) is 2. The summed E-state index contributed by atoms with van der Waals surface area (Å²) in [7, 11) is 0. The van der Waals surface area contributed by atoms with Crippen LogP contribution in [0.5, 0.6) is 0 Å². The second kappa shape index (κ2) is 11.1. The van der Waals surface area contributed by atoms with Gasteiger partial charge in [-0.2, -0.15) is 0 Å². The molecule has 5 amide bonds. The molecule has 1 aromatic rings. The number of carbonyl (C=O) groups excluding carboxylic acids is 5. The van der Waals surface area contributed by atoms with Crippen molar-refractivity contribution in [2.24, 2.45) is 11.7 Å². The van der Waals surface area contributed by atoms with Crippen molar-refractivity contribution in [3.05, 3.63) is 59.2 Å². The third-order valence-corrected chi connectivity index (χ3v) is 11.1. The van der Waals surface area contributed by atoms with Crippen LogP contribution < -0.4 is 5.73 Å². The number of hydrogen-bond acceptors (Lipinski definition) is 5. The zero-order chi connectivity index (χ0) is 30.7. The van der Waals surface area contributed by atoms with Gasteiger partial charge in [-0.05, 0) is 63.0 Å². The van der Waals surface area contributed by atoms with E-state index in [2.05, 4.69) is 0 Å². The highest BCUT2D eigenvalue weighted by molar-refractivity contribution is 6.31. The van der Waals surface area contributed by atoms with Gasteiger partial charge in [0, 0.05) is 30.5 Å². The molecular formula is C33H38ClN5O5. The minimum absolute atomic E-state index is 0.108. The van der Waals surface area contributed by atoms with Crippen molar-refractivity contribution in [3.63, 3.8) is 0 Å². The summed E-state index contributed by atoms with van der Waals surface area (Å²) < 4.78 is 0. The molecule has 6 heterocycles. The first-order chi connectivity index (χ1) is 21.2. The zero-order valence-electron chi connectivity index (χ0n) is 24.6. The molecule has 6 aliphatic heterocycles. The summed E-state index contributed by atoms with van der Waals surface area (Å²) in [6.45, 7) is 0.879. The second-order valence-corrected chi connectivity index (χ2v) is 13.4. The van der Waals surface area contributed by atoms with Gasteiger partial charge in [-0.3, -0.25) is 24.0 Å². The SMILES string of the molecule is NC(=O)[C@@H]1CCC2C=C[C@H]3CCN(C(=O)[C@@H]4CC[C@H]5C=C[C@]6(CCCN6C(=O)CCc6ccccc6Cl)C(=O)N54)[C@@H]3C(=O)N21. The zero-order valence-corrected chi connectivity index (χ0v) is 25.4. The fourth-order valence-electron chi connectivity index (χ4n) is 8.61. The van der Waals surface area contributed by atoms with Crippen molar-refractivity contribution in [1.82, 2.24) is 19.6 Å². The maximum absolute atomic E-state index is 14.4. The van der Waals surface area contributed by atoms with Crippen molar-refractivity contribution >= 4 is 41.1 Å². The average molecular weight is 620 g/mol. The molecule has 2 N–H and O–H groups in total. The standard InChI is InChI=1S/C33H38ClN5O5/c34-24-5-2-1-4-20(24)7-13-27(40)37-18-3-16-33(37)17-14-23-10-12-26(39(23)32(33)44)30(42)36-19-15-21-6-8-22-9-11-25(29(35)41)38(22)31(43)28(21)36/h1-2,4-6,8,14,17,21-23,25-26,28H,3,7,9-13,15-16,18-19H2,(H2,35,41)/t21-,22?,23-,25-,26-,28-,33+/m0/s1. The predicted octanol–water partition coefficient (Wildman–Crippen LogP) is 2.19. The number of hydrogen-bond donors (Lipinski definition) is 1. The Morgan fingerprint density at radius 3 is 2.43 bits per heavy atom. The van der Waals surface area contributed by atoms with Crippen LogP contribution in [-0.4, -0.2) is 98.0 Å². The van der Waals surface area contributed by atoms with E-state index in [1.54, 1.807) is 25.7 Å². The van der Waals surface area contributed by atoms with Gasteiger partial charge in [0.05, 0.1) is 12.1 Å². The van der Waals surface area contributed by atoms with E-state index in [0.717, 1.165) is 5.56 Å². The average Bonchev–Trinajstić information content (AvgIpc) is 3.80. The van der Waals surface area contributed by atoms with Crippen molar-refractivity contribution in [3.8, 4) is 0 Å². The van der Waals surface area contributed by atoms with Crippen molar-refractivity contribution in [2.75, 3.05) is 13.1 Å². The van der Waals surface area contributed by atoms with E-state index in [1.807, 2.05) is 42.5 Å². The van der Waals surface area contributed by atoms with Crippen LogP contribution in [0.25, 0.3) is 0 Å². The van der Waals surface area contributed by atoms with Crippen LogP contribution in [0.1, 0.15) is 56.9 Å². The Balaban J connectivity index is 1.11. The lowest BCUT2D eigenvalue weighted by molar-refractivity contribution is -0.156. The molecule has 6 aliphatic rings. The third-order valence-electron chi connectivity index (χ3n) is 10.8. The van der Waals surface area contributed by atoms with Gasteiger partial charge in [0.25, 0.3) is 5.91 Å². The first kappa shape index (κ1) is 29.1. The van der Waals surface area contributed by atoms with E-state index in [9.17, 15) is 24.0 Å². The summed E-state index contributed by atoms with van der Waals surface area (Å²) in [5.41, 5.74) is 5.44. The van der Waals surface area contributed by atoms with Gasteiger partial charge in [-0.15, -0.1) is 0 Å². The number of aryl methyl sites for hydroxylation is 1. The smallest absolute Gasteiger partial charge is 0.253 e. The van der Waals surface area contributed by atoms with Gasteiger partial charge in [0.15, 0.2) is 0 Å². The topological polar surface area (TPSA) is 124 Å². The van der Waals surface area contributed by atoms with Crippen molar-refractivity contribution in [1.29, 1.82) is 0 Å². The van der Waals surface area contributed by atoms with Crippen LogP contribution in [0, 0.1) is 5.92 Å². The van der Waals surface area contributed by atoms with Crippen LogP contribution in [0.15, 0.2) is 48.6 Å². The first-order valence-electron chi connectivity index (χ1n) is 15.9. The van der Waals surface area contributed by atoms with E-state index in [0.29, 0.717) is 69.5 Å². The van der Waals surface area contributed by atoms with Crippen LogP contribution >= 0.6 is 11.6 Å². The van der Waals surface area contributed by atoms with Crippen molar-refractivity contribution in [2.45, 2.75) is 93.5 Å². The summed E-state index contributed by atoms with van der Waals surface area (Å²) in [6.07, 6.45) is 12.8. The van der Waals surface area contributed by atoms with Gasteiger partial charge < -0.3 is 25.3 Å². The number of primary amides is 1. The molecule has 7 atom stereocenters. The molecule has 4 fully saturated rings. The number of fused-ring (bicyclic) bond motifs is 3. The molecule has 0 aliphatic carbocycles. The van der Waals surface area contributed by atoms with Gasteiger partial charge in [0.2, 0.25) is 23.6 Å². The number of carbonyl (C=O) groups is 5. The number of rotatable bonds is 5. The largest absolute Gasteiger partial charge is 0.368 e. The van der Waals surface area contributed by atoms with Crippen LogP contribution in [0.4, 0.5) is 0 Å². The summed E-state index contributed by atoms with van der Waals surface area (Å²) in [4.78, 5) is 75.1. The van der Waals surface area contributed by atoms with E-state index in [4.69, 9.17) is 17.3 Å². The number of nitrogens with zero attached hydrogens (tertiary/aromatic N) is 4. The summed E-state index contributed by atoms with van der Waals surface area (Å²) in [5, 5.41) is 0.614. The highest BCUT2D eigenvalue weighted by Crippen LogP contribution is 2.43. The molecule has 232 valence electrons. The van der Waals surface area contributed by atoms with Crippen LogP contribution in [0.2, 0.25) is 5.02 Å². The Morgan fingerprint density at radius 1 is 0.909 bits per heavy atom. The molecule has 0 radical (unpaired) electrons. The highest BCUT2D eigenvalue weighted by Gasteiger charge is 2.58. The Hall–Kier alpha value is -3.66. The Bertz CT molecular complexity index is 1480. The molecule has 1 unspecified atom stereocenters. The molecule has 44 heavy (non-hydrogen) atoms. The minimum Gasteiger partial charge on any atom is -0.368 e. The monoisotopic (exact) mass is 619 g/mol. The van der Waals surface area contributed by atoms with Crippen LogP contribution in [-0.2, 0) is 30.4 Å². The molecule has 10 nitrogen and oxygen atoms in total. The molecule has 1 spiro atoms. The molecule has 11 heteroatoms. The normalized spacial score (nSPS) is 34.0. The second-order valence-electron chi connectivity index (χ2n) is 13.0. The fraction of sp³-hybridized carbons (Fsp3) is 0.545.